The van der Waals surface area contributed by atoms with Crippen molar-refractivity contribution in [2.24, 2.45) is 0 Å². The Morgan fingerprint density at radius 1 is 1.14 bits per heavy atom. The minimum atomic E-state index is -0.0361. The lowest BCUT2D eigenvalue weighted by atomic mass is 10.0. The van der Waals surface area contributed by atoms with Crippen LogP contribution < -0.4 is 10.9 Å². The number of aromatic nitrogens is 2. The van der Waals surface area contributed by atoms with Crippen molar-refractivity contribution in [3.63, 3.8) is 0 Å². The van der Waals surface area contributed by atoms with E-state index < -0.39 is 0 Å². The van der Waals surface area contributed by atoms with Gasteiger partial charge in [-0.15, -0.1) is 0 Å². The molecule has 3 rings (SSSR count). The SMILES string of the molecule is CNC(Cn1cnccc1=O)c1ccc2ccccc2c1. The second-order valence-corrected chi connectivity index (χ2v) is 5.02. The first-order chi connectivity index (χ1) is 10.3. The number of hydrogen-bond donors (Lipinski definition) is 1. The van der Waals surface area contributed by atoms with E-state index in [9.17, 15) is 4.79 Å². The van der Waals surface area contributed by atoms with Gasteiger partial charge in [-0.1, -0.05) is 36.4 Å². The van der Waals surface area contributed by atoms with Crippen LogP contribution in [0.1, 0.15) is 11.6 Å². The lowest BCUT2D eigenvalue weighted by molar-refractivity contribution is 0.487. The number of nitrogens with one attached hydrogen (secondary N) is 1. The Kier molecular flexibility index (Phi) is 3.79. The van der Waals surface area contributed by atoms with E-state index >= 15 is 0 Å². The van der Waals surface area contributed by atoms with Crippen molar-refractivity contribution in [1.82, 2.24) is 14.9 Å². The maximum Gasteiger partial charge on any atom is 0.253 e. The van der Waals surface area contributed by atoms with E-state index in [0.29, 0.717) is 6.54 Å². The van der Waals surface area contributed by atoms with Crippen molar-refractivity contribution < 1.29 is 0 Å². The molecular formula is C17H17N3O. The maximum absolute atomic E-state index is 11.8. The fraction of sp³-hybridized carbons (Fsp3) is 0.176. The molecule has 0 aliphatic heterocycles. The Hall–Kier alpha value is -2.46. The van der Waals surface area contributed by atoms with Crippen molar-refractivity contribution >= 4 is 10.8 Å². The van der Waals surface area contributed by atoms with Crippen LogP contribution >= 0.6 is 0 Å². The monoisotopic (exact) mass is 279 g/mol. The topological polar surface area (TPSA) is 46.9 Å². The summed E-state index contributed by atoms with van der Waals surface area (Å²) in [7, 11) is 1.90. The van der Waals surface area contributed by atoms with Crippen LogP contribution in [0.4, 0.5) is 0 Å². The third-order valence-electron chi connectivity index (χ3n) is 3.70. The van der Waals surface area contributed by atoms with Gasteiger partial charge in [0.15, 0.2) is 0 Å². The van der Waals surface area contributed by atoms with Crippen molar-refractivity contribution in [3.8, 4) is 0 Å². The molecule has 0 aliphatic rings. The molecule has 3 aromatic rings. The van der Waals surface area contributed by atoms with Gasteiger partial charge >= 0.3 is 0 Å². The van der Waals surface area contributed by atoms with Gasteiger partial charge in [0.1, 0.15) is 0 Å². The van der Waals surface area contributed by atoms with Crippen LogP contribution in [0.5, 0.6) is 0 Å². The van der Waals surface area contributed by atoms with Gasteiger partial charge in [0.25, 0.3) is 5.56 Å². The molecule has 1 N–H and O–H groups in total. The first-order valence-corrected chi connectivity index (χ1v) is 6.94. The van der Waals surface area contributed by atoms with E-state index in [0.717, 1.165) is 5.56 Å². The van der Waals surface area contributed by atoms with E-state index in [4.69, 9.17) is 0 Å². The highest BCUT2D eigenvalue weighted by molar-refractivity contribution is 5.83. The zero-order valence-electron chi connectivity index (χ0n) is 11.9. The second kappa shape index (κ2) is 5.89. The number of benzene rings is 2. The molecule has 0 amide bonds. The molecule has 0 fully saturated rings. The van der Waals surface area contributed by atoms with Gasteiger partial charge in [0.05, 0.1) is 12.4 Å². The highest BCUT2D eigenvalue weighted by Crippen LogP contribution is 2.21. The quantitative estimate of drug-likeness (QED) is 0.797. The number of fused-ring (bicyclic) bond motifs is 1. The highest BCUT2D eigenvalue weighted by atomic mass is 16.1. The molecule has 0 bridgehead atoms. The summed E-state index contributed by atoms with van der Waals surface area (Å²) in [5, 5.41) is 5.69. The van der Waals surface area contributed by atoms with E-state index in [2.05, 4.69) is 40.6 Å². The average Bonchev–Trinajstić information content (AvgIpc) is 2.54. The van der Waals surface area contributed by atoms with Gasteiger partial charge in [-0.05, 0) is 29.4 Å². The van der Waals surface area contributed by atoms with Crippen LogP contribution in [0.15, 0.2) is 65.8 Å². The highest BCUT2D eigenvalue weighted by Gasteiger charge is 2.11. The molecule has 21 heavy (non-hydrogen) atoms. The zero-order chi connectivity index (χ0) is 14.7. The van der Waals surface area contributed by atoms with Gasteiger partial charge in [0, 0.05) is 18.8 Å². The number of likely N-dealkylation sites (N-methyl/N-ethyl adjacent to an activating group) is 1. The molecule has 1 heterocycles. The molecular weight excluding hydrogens is 262 g/mol. The van der Waals surface area contributed by atoms with Crippen LogP contribution in [-0.4, -0.2) is 16.6 Å². The Morgan fingerprint density at radius 3 is 2.71 bits per heavy atom. The van der Waals surface area contributed by atoms with Crippen molar-refractivity contribution in [2.75, 3.05) is 7.05 Å². The Bertz CT molecular complexity index is 810. The Labute approximate surface area is 123 Å². The molecule has 2 aromatic carbocycles. The Morgan fingerprint density at radius 2 is 1.95 bits per heavy atom. The molecule has 0 aliphatic carbocycles. The van der Waals surface area contributed by atoms with Crippen LogP contribution in [0.3, 0.4) is 0 Å². The first kappa shape index (κ1) is 13.5. The van der Waals surface area contributed by atoms with Crippen molar-refractivity contribution in [3.05, 3.63) is 77.0 Å². The van der Waals surface area contributed by atoms with Crippen LogP contribution in [0.2, 0.25) is 0 Å². The zero-order valence-corrected chi connectivity index (χ0v) is 11.9. The molecule has 0 spiro atoms. The number of rotatable bonds is 4. The second-order valence-electron chi connectivity index (χ2n) is 5.02. The molecule has 4 nitrogen and oxygen atoms in total. The van der Waals surface area contributed by atoms with E-state index in [1.165, 1.54) is 23.0 Å². The summed E-state index contributed by atoms with van der Waals surface area (Å²) in [5.74, 6) is 0. The predicted octanol–water partition coefficient (Wildman–Crippen LogP) is 2.36. The molecule has 4 heteroatoms. The van der Waals surface area contributed by atoms with Gasteiger partial charge < -0.3 is 5.32 Å². The lowest BCUT2D eigenvalue weighted by Crippen LogP contribution is -2.28. The lowest BCUT2D eigenvalue weighted by Gasteiger charge is -2.18. The smallest absolute Gasteiger partial charge is 0.253 e. The maximum atomic E-state index is 11.8. The van der Waals surface area contributed by atoms with Gasteiger partial charge in [-0.2, -0.15) is 0 Å². The average molecular weight is 279 g/mol. The summed E-state index contributed by atoms with van der Waals surface area (Å²) < 4.78 is 1.62. The Balaban J connectivity index is 1.94. The molecule has 1 atom stereocenters. The van der Waals surface area contributed by atoms with Crippen molar-refractivity contribution in [2.45, 2.75) is 12.6 Å². The van der Waals surface area contributed by atoms with Gasteiger partial charge in [0.2, 0.25) is 0 Å². The number of hydrogen-bond acceptors (Lipinski definition) is 3. The van der Waals surface area contributed by atoms with E-state index in [-0.39, 0.29) is 11.6 Å². The molecule has 0 saturated carbocycles. The molecule has 1 aromatic heterocycles. The largest absolute Gasteiger partial charge is 0.312 e. The third kappa shape index (κ3) is 2.85. The third-order valence-corrected chi connectivity index (χ3v) is 3.70. The van der Waals surface area contributed by atoms with Crippen LogP contribution in [0, 0.1) is 0 Å². The first-order valence-electron chi connectivity index (χ1n) is 6.94. The van der Waals surface area contributed by atoms with Crippen LogP contribution in [0.25, 0.3) is 10.8 Å². The number of nitrogens with zero attached hydrogens (tertiary/aromatic N) is 2. The predicted molar refractivity (Wildman–Crippen MR) is 84.2 cm³/mol. The van der Waals surface area contributed by atoms with Gasteiger partial charge in [-0.25, -0.2) is 4.98 Å². The molecule has 106 valence electrons. The summed E-state index contributed by atoms with van der Waals surface area (Å²) >= 11 is 0. The van der Waals surface area contributed by atoms with E-state index in [1.807, 2.05) is 19.2 Å². The normalized spacial score (nSPS) is 12.4. The van der Waals surface area contributed by atoms with Gasteiger partial charge in [-0.3, -0.25) is 9.36 Å². The summed E-state index contributed by atoms with van der Waals surface area (Å²) in [6.07, 6.45) is 3.09. The minimum Gasteiger partial charge on any atom is -0.312 e. The van der Waals surface area contributed by atoms with Crippen LogP contribution in [-0.2, 0) is 6.54 Å². The minimum absolute atomic E-state index is 0.0361. The van der Waals surface area contributed by atoms with E-state index in [1.54, 1.807) is 10.9 Å². The van der Waals surface area contributed by atoms with Crippen molar-refractivity contribution in [1.29, 1.82) is 0 Å². The summed E-state index contributed by atoms with van der Waals surface area (Å²) in [5.41, 5.74) is 1.12. The fourth-order valence-corrected chi connectivity index (χ4v) is 2.50. The molecule has 0 saturated heterocycles. The summed E-state index contributed by atoms with van der Waals surface area (Å²) in [6, 6.07) is 16.2. The standard InChI is InChI=1S/C17H17N3O/c1-18-16(11-20-12-19-9-8-17(20)21)15-7-6-13-4-2-3-5-14(13)10-15/h2-10,12,16,18H,11H2,1H3. The summed E-state index contributed by atoms with van der Waals surface area (Å²) in [6.45, 7) is 0.557. The fourth-order valence-electron chi connectivity index (χ4n) is 2.50. The molecule has 0 radical (unpaired) electrons. The summed E-state index contributed by atoms with van der Waals surface area (Å²) in [4.78, 5) is 15.8. The molecule has 1 unspecified atom stereocenters.